The van der Waals surface area contributed by atoms with Crippen LogP contribution in [0.4, 0.5) is 0 Å². The van der Waals surface area contributed by atoms with Gasteiger partial charge in [0.25, 0.3) is 0 Å². The lowest BCUT2D eigenvalue weighted by Gasteiger charge is -2.43. The molecule has 3 saturated heterocycles. The zero-order valence-electron chi connectivity index (χ0n) is 21.5. The predicted molar refractivity (Wildman–Crippen MR) is 142 cm³/mol. The Bertz CT molecular complexity index is 1170. The van der Waals surface area contributed by atoms with Crippen molar-refractivity contribution in [2.24, 2.45) is 0 Å². The van der Waals surface area contributed by atoms with Gasteiger partial charge < -0.3 is 19.9 Å². The monoisotopic (exact) mass is 543 g/mol. The van der Waals surface area contributed by atoms with Crippen LogP contribution in [0.15, 0.2) is 65.6 Å². The Morgan fingerprint density at radius 3 is 2.47 bits per heavy atom. The Morgan fingerprint density at radius 1 is 0.974 bits per heavy atom. The third-order valence-electron chi connectivity index (χ3n) is 7.58. The SMILES string of the molecule is O=C(C[C@@H]1CC[C@@H]2[C@H](COC[C@H](O)CN2S(=O)(=O)c2ccccc2)O1)N[C@@H]1CCN(Cc2ccccc2)C1. The first-order chi connectivity index (χ1) is 18.4. The standard InChI is InChI=1S/C28H37N3O6S/c32-23-18-31(38(34,35)25-9-5-2-6-10-25)26-12-11-24(37-27(26)20-36-19-23)15-28(33)29-22-13-14-30(17-22)16-21-7-3-1-4-8-21/h1-10,22-24,26-27,32H,11-20H2,(H,29,33)/t22-,23-,24+,26-,27+/m1/s1. The lowest BCUT2D eigenvalue weighted by molar-refractivity contribution is -0.146. The van der Waals surface area contributed by atoms with Gasteiger partial charge in [-0.05, 0) is 37.0 Å². The Balaban J connectivity index is 1.17. The summed E-state index contributed by atoms with van der Waals surface area (Å²) in [4.78, 5) is 15.4. The first-order valence-electron chi connectivity index (χ1n) is 13.4. The number of hydrogen-bond acceptors (Lipinski definition) is 7. The number of rotatable bonds is 7. The fourth-order valence-electron chi connectivity index (χ4n) is 5.73. The molecule has 0 aromatic heterocycles. The molecule has 1 amide bonds. The largest absolute Gasteiger partial charge is 0.389 e. The molecule has 5 atom stereocenters. The van der Waals surface area contributed by atoms with Gasteiger partial charge in [0.1, 0.15) is 0 Å². The van der Waals surface area contributed by atoms with Crippen molar-refractivity contribution >= 4 is 15.9 Å². The number of carbonyl (C=O) groups excluding carboxylic acids is 1. The highest BCUT2D eigenvalue weighted by atomic mass is 32.2. The average molecular weight is 544 g/mol. The molecule has 9 nitrogen and oxygen atoms in total. The number of sulfonamides is 1. The maximum Gasteiger partial charge on any atom is 0.243 e. The molecule has 0 saturated carbocycles. The molecular formula is C28H37N3O6S. The zero-order valence-corrected chi connectivity index (χ0v) is 22.3. The molecule has 0 bridgehead atoms. The number of benzene rings is 2. The molecule has 0 radical (unpaired) electrons. The van der Waals surface area contributed by atoms with Crippen molar-refractivity contribution in [3.8, 4) is 0 Å². The van der Waals surface area contributed by atoms with Crippen molar-refractivity contribution in [3.63, 3.8) is 0 Å². The van der Waals surface area contributed by atoms with Gasteiger partial charge in [0.15, 0.2) is 0 Å². The van der Waals surface area contributed by atoms with Crippen molar-refractivity contribution in [2.75, 3.05) is 32.8 Å². The Kier molecular flexibility index (Phi) is 8.77. The third-order valence-corrected chi connectivity index (χ3v) is 9.49. The number of nitrogens with one attached hydrogen (secondary N) is 1. The molecule has 2 N–H and O–H groups in total. The minimum Gasteiger partial charge on any atom is -0.389 e. The molecule has 3 aliphatic heterocycles. The van der Waals surface area contributed by atoms with Crippen LogP contribution in [0.5, 0.6) is 0 Å². The molecule has 0 aliphatic carbocycles. The number of fused-ring (bicyclic) bond motifs is 1. The summed E-state index contributed by atoms with van der Waals surface area (Å²) in [6, 6.07) is 18.2. The van der Waals surface area contributed by atoms with Gasteiger partial charge in [-0.2, -0.15) is 4.31 Å². The molecular weight excluding hydrogens is 506 g/mol. The summed E-state index contributed by atoms with van der Waals surface area (Å²) in [6.07, 6.45) is 0.470. The number of β-amino-alcohol motifs (C(OH)–C–C–N with tert-alkyl or cyclic N) is 1. The van der Waals surface area contributed by atoms with E-state index in [4.69, 9.17) is 9.47 Å². The number of aliphatic hydroxyl groups is 1. The Morgan fingerprint density at radius 2 is 1.71 bits per heavy atom. The average Bonchev–Trinajstić information content (AvgIpc) is 3.34. The number of aliphatic hydroxyl groups excluding tert-OH is 1. The van der Waals surface area contributed by atoms with Crippen molar-refractivity contribution in [1.82, 2.24) is 14.5 Å². The fourth-order valence-corrected chi connectivity index (χ4v) is 7.47. The van der Waals surface area contributed by atoms with Gasteiger partial charge in [-0.15, -0.1) is 0 Å². The molecule has 5 rings (SSSR count). The number of amides is 1. The molecule has 2 aromatic carbocycles. The van der Waals surface area contributed by atoms with Crippen LogP contribution in [-0.2, 0) is 30.8 Å². The summed E-state index contributed by atoms with van der Waals surface area (Å²) < 4.78 is 40.3. The third kappa shape index (κ3) is 6.62. The Labute approximate surface area is 224 Å². The summed E-state index contributed by atoms with van der Waals surface area (Å²) in [5.41, 5.74) is 1.27. The molecule has 0 unspecified atom stereocenters. The van der Waals surface area contributed by atoms with E-state index in [0.29, 0.717) is 12.8 Å². The zero-order chi connectivity index (χ0) is 26.5. The van der Waals surface area contributed by atoms with E-state index in [2.05, 4.69) is 22.3 Å². The van der Waals surface area contributed by atoms with Gasteiger partial charge in [-0.3, -0.25) is 9.69 Å². The molecule has 3 fully saturated rings. The van der Waals surface area contributed by atoms with Gasteiger partial charge >= 0.3 is 0 Å². The van der Waals surface area contributed by atoms with E-state index in [0.717, 1.165) is 26.1 Å². The highest BCUT2D eigenvalue weighted by molar-refractivity contribution is 7.89. The van der Waals surface area contributed by atoms with Gasteiger partial charge in [-0.1, -0.05) is 48.5 Å². The second kappa shape index (κ2) is 12.2. The van der Waals surface area contributed by atoms with Crippen molar-refractivity contribution in [1.29, 1.82) is 0 Å². The van der Waals surface area contributed by atoms with Crippen molar-refractivity contribution in [3.05, 3.63) is 66.2 Å². The molecule has 206 valence electrons. The molecule has 0 spiro atoms. The van der Waals surface area contributed by atoms with Gasteiger partial charge in [0.05, 0.1) is 48.9 Å². The van der Waals surface area contributed by atoms with E-state index >= 15 is 0 Å². The van der Waals surface area contributed by atoms with Crippen molar-refractivity contribution < 1.29 is 27.8 Å². The van der Waals surface area contributed by atoms with E-state index in [1.165, 1.54) is 9.87 Å². The number of likely N-dealkylation sites (tertiary alicyclic amines) is 1. The first kappa shape index (κ1) is 27.2. The number of ether oxygens (including phenoxy) is 2. The van der Waals surface area contributed by atoms with E-state index in [1.807, 2.05) is 18.2 Å². The second-order valence-corrected chi connectivity index (χ2v) is 12.4. The molecule has 38 heavy (non-hydrogen) atoms. The van der Waals surface area contributed by atoms with E-state index in [1.54, 1.807) is 30.3 Å². The Hall–Kier alpha value is -2.34. The lowest BCUT2D eigenvalue weighted by atomic mass is 9.96. The maximum absolute atomic E-state index is 13.5. The molecule has 3 aliphatic rings. The van der Waals surface area contributed by atoms with Crippen LogP contribution in [0, 0.1) is 0 Å². The van der Waals surface area contributed by atoms with E-state index in [9.17, 15) is 18.3 Å². The quantitative estimate of drug-likeness (QED) is 0.548. The van der Waals surface area contributed by atoms with Crippen LogP contribution >= 0.6 is 0 Å². The van der Waals surface area contributed by atoms with Crippen molar-refractivity contribution in [2.45, 2.75) is 67.5 Å². The minimum absolute atomic E-state index is 0.0275. The van der Waals surface area contributed by atoms with E-state index in [-0.39, 0.29) is 49.1 Å². The highest BCUT2D eigenvalue weighted by Crippen LogP contribution is 2.31. The number of carbonyl (C=O) groups is 1. The van der Waals surface area contributed by atoms with Crippen LogP contribution < -0.4 is 5.32 Å². The van der Waals surface area contributed by atoms with Gasteiger partial charge in [0, 0.05) is 32.2 Å². The summed E-state index contributed by atoms with van der Waals surface area (Å²) in [5, 5.41) is 13.5. The van der Waals surface area contributed by atoms with Crippen LogP contribution in [0.3, 0.4) is 0 Å². The number of nitrogens with zero attached hydrogens (tertiary/aromatic N) is 2. The normalized spacial score (nSPS) is 29.2. The fraction of sp³-hybridized carbons (Fsp3) is 0.536. The van der Waals surface area contributed by atoms with Crippen LogP contribution in [0.25, 0.3) is 0 Å². The first-order valence-corrected chi connectivity index (χ1v) is 14.9. The smallest absolute Gasteiger partial charge is 0.243 e. The topological polar surface area (TPSA) is 108 Å². The van der Waals surface area contributed by atoms with Gasteiger partial charge in [0.2, 0.25) is 15.9 Å². The van der Waals surface area contributed by atoms with E-state index < -0.39 is 28.3 Å². The maximum atomic E-state index is 13.5. The summed E-state index contributed by atoms with van der Waals surface area (Å²) in [6.45, 7) is 2.77. The molecule has 2 aromatic rings. The molecule has 10 heteroatoms. The second-order valence-electron chi connectivity index (χ2n) is 10.5. The van der Waals surface area contributed by atoms with Crippen LogP contribution in [-0.4, -0.2) is 91.9 Å². The van der Waals surface area contributed by atoms with Crippen LogP contribution in [0.1, 0.15) is 31.2 Å². The number of hydrogen-bond donors (Lipinski definition) is 2. The summed E-state index contributed by atoms with van der Waals surface area (Å²) in [7, 11) is -3.84. The highest BCUT2D eigenvalue weighted by Gasteiger charge is 2.43. The van der Waals surface area contributed by atoms with Crippen LogP contribution in [0.2, 0.25) is 0 Å². The lowest BCUT2D eigenvalue weighted by Crippen LogP contribution is -2.57. The minimum atomic E-state index is -3.84. The molecule has 3 heterocycles. The summed E-state index contributed by atoms with van der Waals surface area (Å²) >= 11 is 0. The predicted octanol–water partition coefficient (Wildman–Crippen LogP) is 1.77. The van der Waals surface area contributed by atoms with Gasteiger partial charge in [-0.25, -0.2) is 8.42 Å². The summed E-state index contributed by atoms with van der Waals surface area (Å²) in [5.74, 6) is -0.0454.